The fraction of sp³-hybridized carbons (Fsp3) is 0.222. The topological polar surface area (TPSA) is 117 Å². The van der Waals surface area contributed by atoms with Crippen LogP contribution in [0.5, 0.6) is 0 Å². The monoisotopic (exact) mass is 406 g/mol. The number of H-pyrrole nitrogens is 1. The first kappa shape index (κ1) is 20.1. The van der Waals surface area contributed by atoms with Crippen molar-refractivity contribution in [3.8, 4) is 0 Å². The molecule has 1 atom stereocenters. The van der Waals surface area contributed by atoms with E-state index in [1.54, 1.807) is 6.92 Å². The number of hydrogen-bond donors (Lipinski definition) is 3. The molecule has 2 aromatic heterocycles. The highest BCUT2D eigenvalue weighted by atomic mass is 19.4. The zero-order valence-corrected chi connectivity index (χ0v) is 15.4. The van der Waals surface area contributed by atoms with Crippen LogP contribution >= 0.6 is 0 Å². The molecule has 0 spiro atoms. The molecule has 0 aliphatic rings. The first-order valence-corrected chi connectivity index (χ1v) is 8.42. The van der Waals surface area contributed by atoms with Crippen molar-refractivity contribution in [2.24, 2.45) is 0 Å². The van der Waals surface area contributed by atoms with Crippen molar-refractivity contribution in [2.45, 2.75) is 19.1 Å². The van der Waals surface area contributed by atoms with Crippen LogP contribution in [0, 0.1) is 0 Å². The molecule has 0 bridgehead atoms. The van der Waals surface area contributed by atoms with Crippen molar-refractivity contribution in [1.29, 1.82) is 0 Å². The Labute approximate surface area is 162 Å². The number of amides is 2. The van der Waals surface area contributed by atoms with Gasteiger partial charge in [0, 0.05) is 7.05 Å². The van der Waals surface area contributed by atoms with Gasteiger partial charge < -0.3 is 16.0 Å². The summed E-state index contributed by atoms with van der Waals surface area (Å²) < 4.78 is 38.1. The number of halogens is 3. The number of carbonyl (C=O) groups is 2. The summed E-state index contributed by atoms with van der Waals surface area (Å²) in [6, 6.07) is 3.77. The number of benzene rings is 1. The average Bonchev–Trinajstić information content (AvgIpc) is 3.19. The van der Waals surface area contributed by atoms with Crippen molar-refractivity contribution < 1.29 is 22.8 Å². The Hall–Kier alpha value is -3.63. The normalized spacial score (nSPS) is 12.6. The third-order valence-electron chi connectivity index (χ3n) is 4.58. The number of nitrogens with one attached hydrogen (secondary N) is 2. The summed E-state index contributed by atoms with van der Waals surface area (Å²) in [6.07, 6.45) is -1.72. The van der Waals surface area contributed by atoms with E-state index in [1.165, 1.54) is 31.6 Å². The molecular formula is C18H17F3N6O2. The number of fused-ring (bicyclic) bond motifs is 1. The smallest absolute Gasteiger partial charge is 0.383 e. The van der Waals surface area contributed by atoms with E-state index in [4.69, 9.17) is 5.73 Å². The molecular weight excluding hydrogens is 389 g/mol. The Kier molecular flexibility index (Phi) is 5.14. The van der Waals surface area contributed by atoms with Gasteiger partial charge >= 0.3 is 18.0 Å². The van der Waals surface area contributed by atoms with Crippen LogP contribution in [0.1, 0.15) is 24.1 Å². The molecule has 0 aliphatic carbocycles. The predicted octanol–water partition coefficient (Wildman–Crippen LogP) is 2.72. The maximum atomic E-state index is 12.7. The largest absolute Gasteiger partial charge is 0.416 e. The van der Waals surface area contributed by atoms with E-state index in [9.17, 15) is 22.8 Å². The van der Waals surface area contributed by atoms with Gasteiger partial charge in [-0.1, -0.05) is 12.1 Å². The maximum Gasteiger partial charge on any atom is 0.416 e. The molecule has 0 saturated carbocycles. The molecule has 0 saturated heterocycles. The summed E-state index contributed by atoms with van der Waals surface area (Å²) in [4.78, 5) is 29.9. The molecule has 152 valence electrons. The lowest BCUT2D eigenvalue weighted by Crippen LogP contribution is -2.38. The maximum absolute atomic E-state index is 12.7. The van der Waals surface area contributed by atoms with Gasteiger partial charge in [0.25, 0.3) is 0 Å². The molecule has 11 heteroatoms. The van der Waals surface area contributed by atoms with Gasteiger partial charge in [0.15, 0.2) is 0 Å². The first-order valence-electron chi connectivity index (χ1n) is 8.42. The molecule has 0 unspecified atom stereocenters. The summed E-state index contributed by atoms with van der Waals surface area (Å²) >= 11 is 0. The van der Waals surface area contributed by atoms with Crippen molar-refractivity contribution in [3.63, 3.8) is 0 Å². The summed E-state index contributed by atoms with van der Waals surface area (Å²) in [5.41, 5.74) is 6.02. The number of alkyl halides is 3. The molecule has 2 heterocycles. The van der Waals surface area contributed by atoms with Gasteiger partial charge in [0.1, 0.15) is 5.82 Å². The number of nitrogens with two attached hydrogens (primary N) is 1. The zero-order chi connectivity index (χ0) is 21.3. The minimum Gasteiger partial charge on any atom is -0.383 e. The van der Waals surface area contributed by atoms with Crippen molar-refractivity contribution in [1.82, 2.24) is 20.1 Å². The minimum atomic E-state index is -4.45. The van der Waals surface area contributed by atoms with Gasteiger partial charge in [-0.2, -0.15) is 18.3 Å². The van der Waals surface area contributed by atoms with E-state index in [2.05, 4.69) is 20.5 Å². The van der Waals surface area contributed by atoms with Crippen LogP contribution in [0.3, 0.4) is 0 Å². The number of anilines is 2. The number of nitrogens with zero attached hydrogens (tertiary/aromatic N) is 3. The van der Waals surface area contributed by atoms with Crippen molar-refractivity contribution >= 4 is 34.2 Å². The van der Waals surface area contributed by atoms with Crippen LogP contribution in [-0.2, 0) is 15.8 Å². The number of aromatic nitrogens is 3. The molecule has 0 aliphatic heterocycles. The lowest BCUT2D eigenvalue weighted by Gasteiger charge is -2.25. The van der Waals surface area contributed by atoms with E-state index < -0.39 is 29.6 Å². The molecule has 1 aromatic carbocycles. The second kappa shape index (κ2) is 7.41. The Bertz CT molecular complexity index is 1060. The number of hydrogen-bond acceptors (Lipinski definition) is 5. The number of aromatic amines is 1. The van der Waals surface area contributed by atoms with Crippen LogP contribution in [-0.4, -0.2) is 38.9 Å². The van der Waals surface area contributed by atoms with Crippen LogP contribution in [0.2, 0.25) is 0 Å². The molecule has 29 heavy (non-hydrogen) atoms. The van der Waals surface area contributed by atoms with Gasteiger partial charge in [0.2, 0.25) is 0 Å². The van der Waals surface area contributed by atoms with Crippen molar-refractivity contribution in [2.75, 3.05) is 18.1 Å². The molecule has 8 nitrogen and oxygen atoms in total. The van der Waals surface area contributed by atoms with E-state index >= 15 is 0 Å². The van der Waals surface area contributed by atoms with Crippen LogP contribution in [0.4, 0.5) is 24.7 Å². The first-order chi connectivity index (χ1) is 13.6. The molecule has 3 aromatic rings. The summed E-state index contributed by atoms with van der Waals surface area (Å²) in [5, 5.41) is 9.43. The highest BCUT2D eigenvalue weighted by Gasteiger charge is 2.31. The number of nitrogen functional groups attached to an aromatic ring is 1. The van der Waals surface area contributed by atoms with E-state index in [0.29, 0.717) is 16.5 Å². The van der Waals surface area contributed by atoms with E-state index in [-0.39, 0.29) is 11.5 Å². The molecule has 2 amide bonds. The van der Waals surface area contributed by atoms with Crippen LogP contribution < -0.4 is 11.1 Å². The highest BCUT2D eigenvalue weighted by Crippen LogP contribution is 2.30. The van der Waals surface area contributed by atoms with Crippen LogP contribution in [0.15, 0.2) is 36.7 Å². The Morgan fingerprint density at radius 3 is 2.48 bits per heavy atom. The fourth-order valence-electron chi connectivity index (χ4n) is 2.73. The Morgan fingerprint density at radius 1 is 1.21 bits per heavy atom. The second-order valence-electron chi connectivity index (χ2n) is 6.38. The number of carbonyl (C=O) groups excluding carboxylic acids is 2. The highest BCUT2D eigenvalue weighted by molar-refractivity contribution is 6.40. The van der Waals surface area contributed by atoms with Crippen LogP contribution in [0.25, 0.3) is 10.9 Å². The van der Waals surface area contributed by atoms with Gasteiger partial charge in [0.05, 0.1) is 40.6 Å². The Morgan fingerprint density at radius 2 is 1.86 bits per heavy atom. The van der Waals surface area contributed by atoms with Gasteiger partial charge in [-0.3, -0.25) is 14.7 Å². The lowest BCUT2D eigenvalue weighted by atomic mass is 10.0. The molecule has 0 radical (unpaired) electrons. The molecule has 3 rings (SSSR count). The Balaban J connectivity index is 1.74. The van der Waals surface area contributed by atoms with E-state index in [0.717, 1.165) is 17.0 Å². The van der Waals surface area contributed by atoms with Gasteiger partial charge in [-0.05, 0) is 24.6 Å². The molecule has 4 N–H and O–H groups in total. The summed E-state index contributed by atoms with van der Waals surface area (Å²) in [5.74, 6) is -1.60. The lowest BCUT2D eigenvalue weighted by molar-refractivity contribution is -0.143. The average molecular weight is 406 g/mol. The van der Waals surface area contributed by atoms with Gasteiger partial charge in [-0.15, -0.1) is 0 Å². The summed E-state index contributed by atoms with van der Waals surface area (Å²) in [6.45, 7) is 1.60. The standard InChI is InChI=1S/C18H17F3N6O2/c1-9(10-3-5-11(6-4-10)18(19,20)21)27(2)17(29)16(28)25-13-8-23-15(22)12-7-24-26-14(12)13/h3-9H,1-2H3,(H2,22,23)(H,24,26)(H,25,28)/t9-/m1/s1. The molecule has 0 fully saturated rings. The van der Waals surface area contributed by atoms with E-state index in [1.807, 2.05) is 0 Å². The van der Waals surface area contributed by atoms with Crippen molar-refractivity contribution in [3.05, 3.63) is 47.8 Å². The third-order valence-corrected chi connectivity index (χ3v) is 4.58. The minimum absolute atomic E-state index is 0.214. The quantitative estimate of drug-likeness (QED) is 0.578. The zero-order valence-electron chi connectivity index (χ0n) is 15.4. The second-order valence-corrected chi connectivity index (χ2v) is 6.38. The number of likely N-dealkylation sites (N-methyl/N-ethyl adjacent to an activating group) is 1. The van der Waals surface area contributed by atoms with Gasteiger partial charge in [-0.25, -0.2) is 4.98 Å². The summed E-state index contributed by atoms with van der Waals surface area (Å²) in [7, 11) is 1.39. The predicted molar refractivity (Wildman–Crippen MR) is 99.6 cm³/mol. The SMILES string of the molecule is C[C@H](c1ccc(C(F)(F)F)cc1)N(C)C(=O)C(=O)Nc1cnc(N)c2cn[nH]c12. The number of pyridine rings is 1. The third kappa shape index (κ3) is 3.98. The fourth-order valence-corrected chi connectivity index (χ4v) is 2.73. The number of rotatable bonds is 3.